The Bertz CT molecular complexity index is 644. The van der Waals surface area contributed by atoms with Crippen LogP contribution < -0.4 is 10.6 Å². The molecule has 0 bridgehead atoms. The largest absolute Gasteiger partial charge is 0.336 e. The zero-order valence-corrected chi connectivity index (χ0v) is 13.4. The fourth-order valence-electron chi connectivity index (χ4n) is 2.06. The molecule has 0 aliphatic carbocycles. The van der Waals surface area contributed by atoms with Crippen molar-refractivity contribution in [2.45, 2.75) is 6.04 Å². The lowest BCUT2D eigenvalue weighted by atomic mass is 10.1. The Morgan fingerprint density at radius 2 is 2.05 bits per heavy atom. The summed E-state index contributed by atoms with van der Waals surface area (Å²) in [5, 5.41) is 18.5. The van der Waals surface area contributed by atoms with Gasteiger partial charge in [0.15, 0.2) is 0 Å². The lowest BCUT2D eigenvalue weighted by Crippen LogP contribution is -2.36. The number of thiophene rings is 1. The topological polar surface area (TPSA) is 68.2 Å². The molecule has 114 valence electrons. The molecule has 0 saturated carbocycles. The number of carbonyl (C=O) groups excluding carboxylic acids is 1. The molecule has 5 nitrogen and oxygen atoms in total. The SMILES string of the molecule is CN(C)C(CNC(=O)Nc1ccc(C#N)cc1)c1ccsc1. The lowest BCUT2D eigenvalue weighted by molar-refractivity contribution is 0.243. The maximum atomic E-state index is 12.0. The van der Waals surface area contributed by atoms with Crippen molar-refractivity contribution in [3.63, 3.8) is 0 Å². The van der Waals surface area contributed by atoms with Crippen LogP contribution in [0.1, 0.15) is 17.2 Å². The average Bonchev–Trinajstić information content (AvgIpc) is 3.02. The van der Waals surface area contributed by atoms with Gasteiger partial charge in [-0.3, -0.25) is 0 Å². The molecule has 2 N–H and O–H groups in total. The summed E-state index contributed by atoms with van der Waals surface area (Å²) in [6.45, 7) is 0.520. The molecule has 0 fully saturated rings. The number of hydrogen-bond donors (Lipinski definition) is 2. The number of nitrogens with one attached hydrogen (secondary N) is 2. The minimum absolute atomic E-state index is 0.137. The Morgan fingerprint density at radius 3 is 2.59 bits per heavy atom. The third kappa shape index (κ3) is 4.32. The first-order valence-electron chi connectivity index (χ1n) is 6.83. The predicted octanol–water partition coefficient (Wildman–Crippen LogP) is 3.04. The summed E-state index contributed by atoms with van der Waals surface area (Å²) in [6, 6.07) is 10.7. The standard InChI is InChI=1S/C16H18N4OS/c1-20(2)15(13-7-8-22-11-13)10-18-16(21)19-14-5-3-12(9-17)4-6-14/h3-8,11,15H,10H2,1-2H3,(H2,18,19,21). The Morgan fingerprint density at radius 1 is 1.32 bits per heavy atom. The average molecular weight is 314 g/mol. The van der Waals surface area contributed by atoms with Crippen molar-refractivity contribution in [1.29, 1.82) is 5.26 Å². The van der Waals surface area contributed by atoms with E-state index < -0.39 is 0 Å². The fraction of sp³-hybridized carbons (Fsp3) is 0.250. The minimum atomic E-state index is -0.258. The molecule has 1 atom stereocenters. The van der Waals surface area contributed by atoms with Gasteiger partial charge in [-0.25, -0.2) is 4.79 Å². The number of urea groups is 1. The number of hydrogen-bond acceptors (Lipinski definition) is 4. The number of benzene rings is 1. The molecule has 0 saturated heterocycles. The Labute approximate surface area is 134 Å². The summed E-state index contributed by atoms with van der Waals surface area (Å²) in [5.41, 5.74) is 2.41. The van der Waals surface area contributed by atoms with Crippen molar-refractivity contribution in [3.8, 4) is 6.07 Å². The van der Waals surface area contributed by atoms with Gasteiger partial charge in [-0.2, -0.15) is 16.6 Å². The van der Waals surface area contributed by atoms with E-state index in [-0.39, 0.29) is 12.1 Å². The van der Waals surface area contributed by atoms with Gasteiger partial charge in [0, 0.05) is 12.2 Å². The van der Waals surface area contributed by atoms with Gasteiger partial charge in [0.05, 0.1) is 17.7 Å². The quantitative estimate of drug-likeness (QED) is 0.891. The minimum Gasteiger partial charge on any atom is -0.336 e. The van der Waals surface area contributed by atoms with Crippen LogP contribution in [0.5, 0.6) is 0 Å². The highest BCUT2D eigenvalue weighted by Gasteiger charge is 2.15. The van der Waals surface area contributed by atoms with E-state index in [0.29, 0.717) is 17.8 Å². The van der Waals surface area contributed by atoms with Crippen molar-refractivity contribution >= 4 is 23.1 Å². The highest BCUT2D eigenvalue weighted by atomic mass is 32.1. The normalized spacial score (nSPS) is 11.7. The molecular weight excluding hydrogens is 296 g/mol. The molecule has 1 aromatic heterocycles. The fourth-order valence-corrected chi connectivity index (χ4v) is 2.76. The van der Waals surface area contributed by atoms with Gasteiger partial charge in [0.2, 0.25) is 0 Å². The van der Waals surface area contributed by atoms with E-state index in [1.807, 2.05) is 25.5 Å². The van der Waals surface area contributed by atoms with E-state index in [1.165, 1.54) is 5.56 Å². The highest BCUT2D eigenvalue weighted by Crippen LogP contribution is 2.20. The van der Waals surface area contributed by atoms with Crippen molar-refractivity contribution in [1.82, 2.24) is 10.2 Å². The van der Waals surface area contributed by atoms with Crippen LogP contribution in [0, 0.1) is 11.3 Å². The van der Waals surface area contributed by atoms with Crippen LogP contribution in [0.15, 0.2) is 41.1 Å². The second-order valence-corrected chi connectivity index (χ2v) is 5.84. The predicted molar refractivity (Wildman–Crippen MR) is 88.9 cm³/mol. The van der Waals surface area contributed by atoms with E-state index in [9.17, 15) is 4.79 Å². The number of amides is 2. The van der Waals surface area contributed by atoms with Gasteiger partial charge < -0.3 is 15.5 Å². The molecule has 0 radical (unpaired) electrons. The molecule has 1 heterocycles. The summed E-state index contributed by atoms with van der Waals surface area (Å²) < 4.78 is 0. The van der Waals surface area contributed by atoms with E-state index in [4.69, 9.17) is 5.26 Å². The smallest absolute Gasteiger partial charge is 0.319 e. The Hall–Kier alpha value is -2.36. The van der Waals surface area contributed by atoms with E-state index >= 15 is 0 Å². The summed E-state index contributed by atoms with van der Waals surface area (Å²) >= 11 is 1.64. The van der Waals surface area contributed by atoms with Gasteiger partial charge in [-0.05, 0) is 60.8 Å². The van der Waals surface area contributed by atoms with Crippen LogP contribution in [-0.2, 0) is 0 Å². The zero-order chi connectivity index (χ0) is 15.9. The first-order valence-corrected chi connectivity index (χ1v) is 7.78. The van der Waals surface area contributed by atoms with Crippen LogP contribution in [0.25, 0.3) is 0 Å². The first-order chi connectivity index (χ1) is 10.6. The van der Waals surface area contributed by atoms with E-state index in [0.717, 1.165) is 0 Å². The van der Waals surface area contributed by atoms with Crippen molar-refractivity contribution in [2.75, 3.05) is 26.0 Å². The Kier molecular flexibility index (Phi) is 5.53. The number of nitriles is 1. The highest BCUT2D eigenvalue weighted by molar-refractivity contribution is 7.07. The molecule has 0 spiro atoms. The molecule has 2 aromatic rings. The van der Waals surface area contributed by atoms with Gasteiger partial charge in [0.1, 0.15) is 0 Å². The number of rotatable bonds is 5. The molecule has 2 amide bonds. The number of carbonyl (C=O) groups is 1. The van der Waals surface area contributed by atoms with Gasteiger partial charge in [-0.1, -0.05) is 0 Å². The molecule has 0 aliphatic heterocycles. The second kappa shape index (κ2) is 7.59. The van der Waals surface area contributed by atoms with Crippen LogP contribution in [0.2, 0.25) is 0 Å². The molecule has 6 heteroatoms. The van der Waals surface area contributed by atoms with Crippen molar-refractivity contribution in [2.24, 2.45) is 0 Å². The summed E-state index contributed by atoms with van der Waals surface area (Å²) in [5.74, 6) is 0. The van der Waals surface area contributed by atoms with Crippen LogP contribution in [0.3, 0.4) is 0 Å². The van der Waals surface area contributed by atoms with Crippen molar-refractivity contribution in [3.05, 3.63) is 52.2 Å². The Balaban J connectivity index is 1.89. The second-order valence-electron chi connectivity index (χ2n) is 5.06. The molecule has 22 heavy (non-hydrogen) atoms. The third-order valence-corrected chi connectivity index (χ3v) is 3.98. The summed E-state index contributed by atoms with van der Waals surface area (Å²) in [4.78, 5) is 14.0. The zero-order valence-electron chi connectivity index (χ0n) is 12.5. The molecule has 2 rings (SSSR count). The maximum absolute atomic E-state index is 12.0. The molecular formula is C16H18N4OS. The van der Waals surface area contributed by atoms with Gasteiger partial charge >= 0.3 is 6.03 Å². The van der Waals surface area contributed by atoms with Gasteiger partial charge in [-0.15, -0.1) is 0 Å². The van der Waals surface area contributed by atoms with Crippen LogP contribution in [0.4, 0.5) is 10.5 Å². The molecule has 0 aliphatic rings. The summed E-state index contributed by atoms with van der Waals surface area (Å²) in [6.07, 6.45) is 0. The lowest BCUT2D eigenvalue weighted by Gasteiger charge is -2.24. The van der Waals surface area contributed by atoms with Crippen molar-refractivity contribution < 1.29 is 4.79 Å². The van der Waals surface area contributed by atoms with E-state index in [2.05, 4.69) is 27.0 Å². The number of nitrogens with zero attached hydrogens (tertiary/aromatic N) is 2. The monoisotopic (exact) mass is 314 g/mol. The maximum Gasteiger partial charge on any atom is 0.319 e. The third-order valence-electron chi connectivity index (χ3n) is 3.28. The molecule has 1 unspecified atom stereocenters. The molecule has 1 aromatic carbocycles. The first kappa shape index (κ1) is 16.0. The summed E-state index contributed by atoms with van der Waals surface area (Å²) in [7, 11) is 3.98. The van der Waals surface area contributed by atoms with Gasteiger partial charge in [0.25, 0.3) is 0 Å². The van der Waals surface area contributed by atoms with Crippen LogP contribution >= 0.6 is 11.3 Å². The van der Waals surface area contributed by atoms with Crippen LogP contribution in [-0.4, -0.2) is 31.6 Å². The van der Waals surface area contributed by atoms with E-state index in [1.54, 1.807) is 35.6 Å². The number of anilines is 1. The number of likely N-dealkylation sites (N-methyl/N-ethyl adjacent to an activating group) is 1.